The number of aliphatic carboxylic acids is 1. The molecule has 0 spiro atoms. The molecule has 0 aliphatic heterocycles. The summed E-state index contributed by atoms with van der Waals surface area (Å²) in [6.07, 6.45) is 0.813. The summed E-state index contributed by atoms with van der Waals surface area (Å²) in [7, 11) is 3.93. The van der Waals surface area contributed by atoms with Crippen LogP contribution in [-0.4, -0.2) is 55.7 Å². The van der Waals surface area contributed by atoms with Gasteiger partial charge < -0.3 is 15.3 Å². The van der Waals surface area contributed by atoms with Crippen molar-refractivity contribution in [2.45, 2.75) is 13.3 Å². The fourth-order valence-electron chi connectivity index (χ4n) is 1.83. The van der Waals surface area contributed by atoms with E-state index in [4.69, 9.17) is 5.11 Å². The fourth-order valence-corrected chi connectivity index (χ4v) is 1.83. The van der Waals surface area contributed by atoms with Crippen molar-refractivity contribution >= 4 is 17.7 Å². The molecule has 1 aromatic carbocycles. The second-order valence-corrected chi connectivity index (χ2v) is 5.20. The number of rotatable bonds is 7. The average molecular weight is 293 g/mol. The topological polar surface area (TPSA) is 72.9 Å². The SMILES string of the molecule is Cc1ccc(N(CC(=O)O)C(=O)NCCCN(C)C)cc1. The number of carbonyl (C=O) groups is 2. The van der Waals surface area contributed by atoms with Crippen molar-refractivity contribution in [2.24, 2.45) is 0 Å². The van der Waals surface area contributed by atoms with Gasteiger partial charge in [-0.05, 0) is 46.1 Å². The summed E-state index contributed by atoms with van der Waals surface area (Å²) in [5.41, 5.74) is 1.63. The molecule has 6 nitrogen and oxygen atoms in total. The molecule has 0 aliphatic rings. The quantitative estimate of drug-likeness (QED) is 0.748. The number of anilines is 1. The third-order valence-corrected chi connectivity index (χ3v) is 2.94. The second kappa shape index (κ2) is 8.26. The summed E-state index contributed by atoms with van der Waals surface area (Å²) in [4.78, 5) is 26.4. The van der Waals surface area contributed by atoms with Crippen LogP contribution in [-0.2, 0) is 4.79 Å². The van der Waals surface area contributed by atoms with Crippen LogP contribution in [0.3, 0.4) is 0 Å². The van der Waals surface area contributed by atoms with Crippen molar-refractivity contribution in [3.05, 3.63) is 29.8 Å². The molecule has 0 bridgehead atoms. The Morgan fingerprint density at radius 1 is 1.19 bits per heavy atom. The Balaban J connectivity index is 2.66. The highest BCUT2D eigenvalue weighted by Crippen LogP contribution is 2.15. The van der Waals surface area contributed by atoms with Gasteiger partial charge in [-0.1, -0.05) is 17.7 Å². The van der Waals surface area contributed by atoms with Gasteiger partial charge in [-0.15, -0.1) is 0 Å². The van der Waals surface area contributed by atoms with Gasteiger partial charge in [0.25, 0.3) is 0 Å². The van der Waals surface area contributed by atoms with Crippen LogP contribution in [0.1, 0.15) is 12.0 Å². The van der Waals surface area contributed by atoms with Crippen molar-refractivity contribution in [1.82, 2.24) is 10.2 Å². The van der Waals surface area contributed by atoms with Crippen molar-refractivity contribution in [3.8, 4) is 0 Å². The molecule has 2 N–H and O–H groups in total. The van der Waals surface area contributed by atoms with Crippen LogP contribution in [0.25, 0.3) is 0 Å². The van der Waals surface area contributed by atoms with Crippen molar-refractivity contribution in [3.63, 3.8) is 0 Å². The minimum Gasteiger partial charge on any atom is -0.480 e. The van der Waals surface area contributed by atoms with E-state index in [0.717, 1.165) is 18.5 Å². The Kier molecular flexibility index (Phi) is 6.68. The Morgan fingerprint density at radius 3 is 2.33 bits per heavy atom. The third-order valence-electron chi connectivity index (χ3n) is 2.94. The number of hydrogen-bond acceptors (Lipinski definition) is 3. The molecule has 116 valence electrons. The molecule has 1 rings (SSSR count). The number of hydrogen-bond donors (Lipinski definition) is 2. The third kappa shape index (κ3) is 6.27. The second-order valence-electron chi connectivity index (χ2n) is 5.20. The molecule has 21 heavy (non-hydrogen) atoms. The van der Waals surface area contributed by atoms with Crippen LogP contribution in [0.5, 0.6) is 0 Å². The summed E-state index contributed by atoms with van der Waals surface area (Å²) in [6.45, 7) is 2.96. The normalized spacial score (nSPS) is 10.5. The summed E-state index contributed by atoms with van der Waals surface area (Å²) < 4.78 is 0. The lowest BCUT2D eigenvalue weighted by Gasteiger charge is -2.21. The molecule has 1 aromatic rings. The molecule has 0 aliphatic carbocycles. The summed E-state index contributed by atoms with van der Waals surface area (Å²) in [5, 5.41) is 11.7. The molecule has 6 heteroatoms. The maximum Gasteiger partial charge on any atom is 0.323 e. The lowest BCUT2D eigenvalue weighted by molar-refractivity contribution is -0.135. The first-order chi connectivity index (χ1) is 9.90. The van der Waals surface area contributed by atoms with E-state index in [0.29, 0.717) is 12.2 Å². The molecule has 0 fully saturated rings. The van der Waals surface area contributed by atoms with Crippen LogP contribution in [0.15, 0.2) is 24.3 Å². The zero-order valence-electron chi connectivity index (χ0n) is 12.8. The van der Waals surface area contributed by atoms with Gasteiger partial charge in [-0.3, -0.25) is 9.69 Å². The van der Waals surface area contributed by atoms with Gasteiger partial charge in [0.2, 0.25) is 0 Å². The minimum absolute atomic E-state index is 0.359. The Bertz CT molecular complexity index is 472. The van der Waals surface area contributed by atoms with Crippen LogP contribution >= 0.6 is 0 Å². The Hall–Kier alpha value is -2.08. The molecule has 0 unspecified atom stereocenters. The molecule has 0 atom stereocenters. The molecule has 2 amide bonds. The summed E-state index contributed by atoms with van der Waals surface area (Å²) >= 11 is 0. The summed E-state index contributed by atoms with van der Waals surface area (Å²) in [6, 6.07) is 6.81. The molecule has 0 radical (unpaired) electrons. The van der Waals surface area contributed by atoms with Gasteiger partial charge in [0.05, 0.1) is 0 Å². The van der Waals surface area contributed by atoms with Crippen molar-refractivity contribution in [1.29, 1.82) is 0 Å². The first-order valence-electron chi connectivity index (χ1n) is 6.88. The van der Waals surface area contributed by atoms with E-state index < -0.39 is 5.97 Å². The number of carboxylic acids is 1. The zero-order valence-corrected chi connectivity index (χ0v) is 12.8. The Morgan fingerprint density at radius 2 is 1.81 bits per heavy atom. The number of carboxylic acid groups (broad SMARTS) is 1. The van der Waals surface area contributed by atoms with Gasteiger partial charge in [0, 0.05) is 12.2 Å². The van der Waals surface area contributed by atoms with Gasteiger partial charge in [0.1, 0.15) is 6.54 Å². The maximum absolute atomic E-state index is 12.1. The van der Waals surface area contributed by atoms with E-state index in [9.17, 15) is 9.59 Å². The lowest BCUT2D eigenvalue weighted by atomic mass is 10.2. The molecule has 0 heterocycles. The van der Waals surface area contributed by atoms with Crippen molar-refractivity contribution < 1.29 is 14.7 Å². The van der Waals surface area contributed by atoms with Gasteiger partial charge in [0.15, 0.2) is 0 Å². The molecular weight excluding hydrogens is 270 g/mol. The number of benzene rings is 1. The largest absolute Gasteiger partial charge is 0.480 e. The van der Waals surface area contributed by atoms with E-state index in [2.05, 4.69) is 5.32 Å². The number of carbonyl (C=O) groups excluding carboxylic acids is 1. The highest BCUT2D eigenvalue weighted by molar-refractivity contribution is 5.96. The highest BCUT2D eigenvalue weighted by atomic mass is 16.4. The number of urea groups is 1. The first kappa shape index (κ1) is 17.0. The minimum atomic E-state index is -1.04. The average Bonchev–Trinajstić information content (AvgIpc) is 2.41. The fraction of sp³-hybridized carbons (Fsp3) is 0.467. The predicted molar refractivity (Wildman–Crippen MR) is 82.7 cm³/mol. The van der Waals surface area contributed by atoms with Gasteiger partial charge in [-0.2, -0.15) is 0 Å². The number of aryl methyl sites for hydroxylation is 1. The van der Waals surface area contributed by atoms with E-state index in [1.165, 1.54) is 4.90 Å². The number of nitrogens with one attached hydrogen (secondary N) is 1. The van der Waals surface area contributed by atoms with Crippen LogP contribution in [0.4, 0.5) is 10.5 Å². The van der Waals surface area contributed by atoms with Crippen molar-refractivity contribution in [2.75, 3.05) is 38.6 Å². The first-order valence-corrected chi connectivity index (χ1v) is 6.88. The summed E-state index contributed by atoms with van der Waals surface area (Å²) in [5.74, 6) is -1.04. The number of nitrogens with zero attached hydrogens (tertiary/aromatic N) is 2. The van der Waals surface area contributed by atoms with Gasteiger partial charge >= 0.3 is 12.0 Å². The maximum atomic E-state index is 12.1. The molecule has 0 saturated carbocycles. The van der Waals surface area contributed by atoms with Gasteiger partial charge in [-0.25, -0.2) is 4.79 Å². The monoisotopic (exact) mass is 293 g/mol. The zero-order chi connectivity index (χ0) is 15.8. The smallest absolute Gasteiger partial charge is 0.323 e. The van der Waals surface area contributed by atoms with Crippen LogP contribution in [0.2, 0.25) is 0 Å². The predicted octanol–water partition coefficient (Wildman–Crippen LogP) is 1.55. The highest BCUT2D eigenvalue weighted by Gasteiger charge is 2.18. The molecule has 0 saturated heterocycles. The lowest BCUT2D eigenvalue weighted by Crippen LogP contribution is -2.43. The molecule has 0 aromatic heterocycles. The van der Waals surface area contributed by atoms with Crippen LogP contribution < -0.4 is 10.2 Å². The van der Waals surface area contributed by atoms with E-state index in [1.807, 2.05) is 38.1 Å². The standard InChI is InChI=1S/C15H23N3O3/c1-12-5-7-13(8-6-12)18(11-14(19)20)15(21)16-9-4-10-17(2)3/h5-8H,4,9-11H2,1-3H3,(H,16,21)(H,19,20). The van der Waals surface area contributed by atoms with E-state index >= 15 is 0 Å². The van der Waals surface area contributed by atoms with Crippen LogP contribution in [0, 0.1) is 6.92 Å². The Labute approximate surface area is 125 Å². The van der Waals surface area contributed by atoms with E-state index in [-0.39, 0.29) is 12.6 Å². The van der Waals surface area contributed by atoms with E-state index in [1.54, 1.807) is 12.1 Å². The number of amides is 2. The molecular formula is C15H23N3O3.